The molecule has 2 aromatic carbocycles. The molecule has 1 aliphatic heterocycles. The van der Waals surface area contributed by atoms with Gasteiger partial charge in [-0.1, -0.05) is 11.6 Å². The summed E-state index contributed by atoms with van der Waals surface area (Å²) in [6, 6.07) is 12.4. The molecule has 1 N–H and O–H groups in total. The molecule has 0 unspecified atom stereocenters. The number of aromatic nitrogens is 1. The van der Waals surface area contributed by atoms with Gasteiger partial charge < -0.3 is 19.2 Å². The first kappa shape index (κ1) is 18.1. The fourth-order valence-electron chi connectivity index (χ4n) is 2.67. The molecule has 1 fully saturated rings. The Morgan fingerprint density at radius 3 is 2.39 bits per heavy atom. The van der Waals surface area contributed by atoms with Crippen LogP contribution in [0.4, 0.5) is 5.69 Å². The number of hydrogen-bond donors (Lipinski definition) is 1. The number of carbonyl (C=O) groups is 2. The van der Waals surface area contributed by atoms with Gasteiger partial charge >= 0.3 is 11.9 Å². The molecule has 8 heteroatoms. The number of halogens is 1. The number of esters is 2. The van der Waals surface area contributed by atoms with E-state index in [0.717, 1.165) is 5.56 Å². The van der Waals surface area contributed by atoms with Crippen LogP contribution in [0.25, 0.3) is 22.6 Å². The molecule has 1 saturated heterocycles. The van der Waals surface area contributed by atoms with Crippen LogP contribution in [0, 0.1) is 0 Å². The number of rotatable bonds is 3. The highest BCUT2D eigenvalue weighted by molar-refractivity contribution is 6.31. The lowest BCUT2D eigenvalue weighted by atomic mass is 10.2. The third-order valence-corrected chi connectivity index (χ3v) is 4.22. The van der Waals surface area contributed by atoms with Gasteiger partial charge in [0, 0.05) is 36.3 Å². The van der Waals surface area contributed by atoms with Gasteiger partial charge in [-0.2, -0.15) is 0 Å². The summed E-state index contributed by atoms with van der Waals surface area (Å²) in [4.78, 5) is 28.3. The fraction of sp³-hybridized carbons (Fsp3) is 0.150. The molecule has 0 bridgehead atoms. The molecule has 0 spiro atoms. The van der Waals surface area contributed by atoms with Crippen LogP contribution >= 0.6 is 11.6 Å². The predicted molar refractivity (Wildman–Crippen MR) is 102 cm³/mol. The van der Waals surface area contributed by atoms with Crippen LogP contribution in [0.15, 0.2) is 58.7 Å². The van der Waals surface area contributed by atoms with Gasteiger partial charge in [0.25, 0.3) is 5.79 Å². The Balaban J connectivity index is 1.52. The number of nitrogens with one attached hydrogen (secondary N) is 1. The smallest absolute Gasteiger partial charge is 0.350 e. The minimum atomic E-state index is -1.27. The van der Waals surface area contributed by atoms with E-state index in [1.165, 1.54) is 20.0 Å². The standard InChI is InChI=1S/C20H15ClN2O5/c1-20(2)27-18(24)14(19(25)28-20)10-22-13-6-3-11(4-7-13)17-23-15-9-12(21)5-8-16(15)26-17/h3-10,22H,1-2H3. The largest absolute Gasteiger partial charge is 0.436 e. The van der Waals surface area contributed by atoms with Gasteiger partial charge in [-0.3, -0.25) is 0 Å². The van der Waals surface area contributed by atoms with Gasteiger partial charge in [0.15, 0.2) is 11.2 Å². The van der Waals surface area contributed by atoms with Crippen molar-refractivity contribution in [1.82, 2.24) is 4.98 Å². The van der Waals surface area contributed by atoms with Crippen molar-refractivity contribution in [2.24, 2.45) is 0 Å². The zero-order chi connectivity index (χ0) is 19.9. The van der Waals surface area contributed by atoms with Crippen molar-refractivity contribution in [2.45, 2.75) is 19.6 Å². The number of benzene rings is 2. The maximum Gasteiger partial charge on any atom is 0.350 e. The zero-order valence-corrected chi connectivity index (χ0v) is 15.7. The predicted octanol–water partition coefficient (Wildman–Crippen LogP) is 4.28. The van der Waals surface area contributed by atoms with Gasteiger partial charge in [0.1, 0.15) is 5.52 Å². The molecular formula is C20H15ClN2O5. The van der Waals surface area contributed by atoms with E-state index in [-0.39, 0.29) is 5.57 Å². The molecule has 1 aromatic heterocycles. The first-order chi connectivity index (χ1) is 13.3. The first-order valence-corrected chi connectivity index (χ1v) is 8.78. The van der Waals surface area contributed by atoms with Crippen molar-refractivity contribution in [1.29, 1.82) is 0 Å². The minimum Gasteiger partial charge on any atom is -0.436 e. The number of nitrogens with zero attached hydrogens (tertiary/aromatic N) is 1. The van der Waals surface area contributed by atoms with E-state index in [0.29, 0.717) is 27.7 Å². The molecule has 1 aliphatic rings. The molecule has 28 heavy (non-hydrogen) atoms. The summed E-state index contributed by atoms with van der Waals surface area (Å²) in [5, 5.41) is 3.47. The molecule has 2 heterocycles. The minimum absolute atomic E-state index is 0.209. The number of hydrogen-bond acceptors (Lipinski definition) is 7. The van der Waals surface area contributed by atoms with Crippen LogP contribution in [-0.2, 0) is 19.1 Å². The second-order valence-electron chi connectivity index (χ2n) is 6.59. The maximum atomic E-state index is 11.9. The van der Waals surface area contributed by atoms with Crippen molar-refractivity contribution in [2.75, 3.05) is 5.32 Å². The van der Waals surface area contributed by atoms with Crippen molar-refractivity contribution >= 4 is 40.3 Å². The number of carbonyl (C=O) groups excluding carboxylic acids is 2. The van der Waals surface area contributed by atoms with Crippen LogP contribution in [0.2, 0.25) is 5.02 Å². The van der Waals surface area contributed by atoms with Crippen molar-refractivity contribution in [3.05, 3.63) is 59.3 Å². The molecule has 0 saturated carbocycles. The summed E-state index contributed by atoms with van der Waals surface area (Å²) in [6.45, 7) is 2.98. The van der Waals surface area contributed by atoms with Crippen LogP contribution < -0.4 is 5.32 Å². The van der Waals surface area contributed by atoms with Gasteiger partial charge in [-0.05, 0) is 42.5 Å². The number of cyclic esters (lactones) is 2. The number of oxazole rings is 1. The van der Waals surface area contributed by atoms with Gasteiger partial charge in [-0.25, -0.2) is 14.6 Å². The number of fused-ring (bicyclic) bond motifs is 1. The van der Waals surface area contributed by atoms with E-state index in [4.69, 9.17) is 25.5 Å². The van der Waals surface area contributed by atoms with Gasteiger partial charge in [0.05, 0.1) is 0 Å². The van der Waals surface area contributed by atoms with Crippen molar-refractivity contribution < 1.29 is 23.5 Å². The van der Waals surface area contributed by atoms with Crippen LogP contribution in [0.3, 0.4) is 0 Å². The average molecular weight is 399 g/mol. The highest BCUT2D eigenvalue weighted by Gasteiger charge is 2.38. The number of ether oxygens (including phenoxy) is 2. The normalized spacial score (nSPS) is 15.9. The molecule has 0 aliphatic carbocycles. The Bertz CT molecular complexity index is 1090. The van der Waals surface area contributed by atoms with E-state index >= 15 is 0 Å². The quantitative estimate of drug-likeness (QED) is 0.400. The molecule has 7 nitrogen and oxygen atoms in total. The third-order valence-electron chi connectivity index (χ3n) is 3.98. The molecular weight excluding hydrogens is 384 g/mol. The summed E-state index contributed by atoms with van der Waals surface area (Å²) in [5.74, 6) is -2.29. The summed E-state index contributed by atoms with van der Waals surface area (Å²) in [7, 11) is 0. The number of anilines is 1. The van der Waals surface area contributed by atoms with E-state index in [1.807, 2.05) is 0 Å². The highest BCUT2D eigenvalue weighted by Crippen LogP contribution is 2.27. The summed E-state index contributed by atoms with van der Waals surface area (Å²) >= 11 is 5.97. The van der Waals surface area contributed by atoms with E-state index in [2.05, 4.69) is 10.3 Å². The molecule has 0 atom stereocenters. The SMILES string of the molecule is CC1(C)OC(=O)C(=CNc2ccc(-c3nc4cc(Cl)ccc4o3)cc2)C(=O)O1. The van der Waals surface area contributed by atoms with Crippen molar-refractivity contribution in [3.63, 3.8) is 0 Å². The summed E-state index contributed by atoms with van der Waals surface area (Å²) < 4.78 is 15.8. The second kappa shape index (κ2) is 6.69. The fourth-order valence-corrected chi connectivity index (χ4v) is 2.83. The first-order valence-electron chi connectivity index (χ1n) is 8.41. The monoisotopic (exact) mass is 398 g/mol. The van der Waals surface area contributed by atoms with Crippen LogP contribution in [0.5, 0.6) is 0 Å². The van der Waals surface area contributed by atoms with E-state index in [1.54, 1.807) is 42.5 Å². The molecule has 3 aromatic rings. The van der Waals surface area contributed by atoms with E-state index in [9.17, 15) is 9.59 Å². The van der Waals surface area contributed by atoms with Crippen molar-refractivity contribution in [3.8, 4) is 11.5 Å². The van der Waals surface area contributed by atoms with Gasteiger partial charge in [-0.15, -0.1) is 0 Å². The summed E-state index contributed by atoms with van der Waals surface area (Å²) in [6.07, 6.45) is 1.26. The lowest BCUT2D eigenvalue weighted by molar-refractivity contribution is -0.222. The molecule has 142 valence electrons. The second-order valence-corrected chi connectivity index (χ2v) is 7.03. The Labute approximate surface area is 164 Å². The average Bonchev–Trinajstić information content (AvgIpc) is 3.03. The topological polar surface area (TPSA) is 90.7 Å². The molecule has 4 rings (SSSR count). The summed E-state index contributed by atoms with van der Waals surface area (Å²) in [5.41, 5.74) is 2.53. The van der Waals surface area contributed by atoms with Crippen LogP contribution in [-0.4, -0.2) is 22.7 Å². The van der Waals surface area contributed by atoms with Gasteiger partial charge in [0.2, 0.25) is 5.89 Å². The lowest BCUT2D eigenvalue weighted by Gasteiger charge is -2.29. The molecule has 0 amide bonds. The molecule has 0 radical (unpaired) electrons. The van der Waals surface area contributed by atoms with E-state index < -0.39 is 17.7 Å². The lowest BCUT2D eigenvalue weighted by Crippen LogP contribution is -2.42. The van der Waals surface area contributed by atoms with Crippen LogP contribution in [0.1, 0.15) is 13.8 Å². The zero-order valence-electron chi connectivity index (χ0n) is 15.0. The maximum absolute atomic E-state index is 11.9. The Morgan fingerprint density at radius 1 is 1.04 bits per heavy atom. The highest BCUT2D eigenvalue weighted by atomic mass is 35.5. The Morgan fingerprint density at radius 2 is 1.71 bits per heavy atom. The third kappa shape index (κ3) is 3.57. The Hall–Kier alpha value is -3.32. The Kier molecular flexibility index (Phi) is 4.31.